The Hall–Kier alpha value is -4.02. The smallest absolute Gasteiger partial charge is 0.335 e. The van der Waals surface area contributed by atoms with Crippen LogP contribution in [0.15, 0.2) is 59.5 Å². The summed E-state index contributed by atoms with van der Waals surface area (Å²) in [6.07, 6.45) is 0. The zero-order valence-electron chi connectivity index (χ0n) is 15.6. The average Bonchev–Trinajstić information content (AvgIpc) is 2.72. The van der Waals surface area contributed by atoms with Crippen LogP contribution in [0.4, 0.5) is 17.1 Å². The van der Waals surface area contributed by atoms with Crippen molar-refractivity contribution in [2.75, 3.05) is 11.1 Å². The van der Waals surface area contributed by atoms with Crippen molar-refractivity contribution in [1.82, 2.24) is 0 Å². The Morgan fingerprint density at radius 1 is 0.935 bits per heavy atom. The number of ketones is 2. The van der Waals surface area contributed by atoms with Gasteiger partial charge in [0.15, 0.2) is 11.6 Å². The SMILES string of the molecule is Nc1c(S(=O)(=O)[O-])cc(Nc2ccc(C(=O)O)cc2)c2c1C(=O)c1ccccc1C2=O. The van der Waals surface area contributed by atoms with Gasteiger partial charge in [-0.15, -0.1) is 0 Å². The average molecular weight is 437 g/mol. The standard InChI is InChI=1S/C21H14N2O7S/c22-18-15(31(28,29)30)9-14(23-11-7-5-10(6-8-11)21(26)27)16-17(18)20(25)13-4-2-1-3-12(13)19(16)24/h1-9,23H,22H2,(H,26,27)(H,28,29,30)/p-1. The molecule has 31 heavy (non-hydrogen) atoms. The molecule has 0 radical (unpaired) electrons. The van der Waals surface area contributed by atoms with Crippen LogP contribution in [0.25, 0.3) is 0 Å². The van der Waals surface area contributed by atoms with E-state index in [2.05, 4.69) is 5.32 Å². The summed E-state index contributed by atoms with van der Waals surface area (Å²) >= 11 is 0. The van der Waals surface area contributed by atoms with Gasteiger partial charge in [-0.3, -0.25) is 9.59 Å². The number of carbonyl (C=O) groups is 3. The number of rotatable bonds is 4. The normalized spacial score (nSPS) is 12.8. The van der Waals surface area contributed by atoms with Crippen LogP contribution >= 0.6 is 0 Å². The summed E-state index contributed by atoms with van der Waals surface area (Å²) < 4.78 is 35.3. The van der Waals surface area contributed by atoms with E-state index in [0.717, 1.165) is 6.07 Å². The Kier molecular flexibility index (Phi) is 4.60. The Labute approximate surface area is 175 Å². The predicted molar refractivity (Wildman–Crippen MR) is 109 cm³/mol. The van der Waals surface area contributed by atoms with Gasteiger partial charge in [0.05, 0.1) is 33.0 Å². The van der Waals surface area contributed by atoms with Crippen LogP contribution in [-0.4, -0.2) is 35.6 Å². The molecular weight excluding hydrogens is 424 g/mol. The summed E-state index contributed by atoms with van der Waals surface area (Å²) in [5.41, 5.74) is 5.08. The molecule has 156 valence electrons. The summed E-state index contributed by atoms with van der Waals surface area (Å²) in [5.74, 6) is -2.40. The van der Waals surface area contributed by atoms with Crippen LogP contribution in [0.3, 0.4) is 0 Å². The van der Waals surface area contributed by atoms with E-state index in [0.29, 0.717) is 5.69 Å². The summed E-state index contributed by atoms with van der Waals surface area (Å²) in [7, 11) is -5.07. The minimum Gasteiger partial charge on any atom is -0.744 e. The topological polar surface area (TPSA) is 167 Å². The number of carboxylic acids is 1. The maximum atomic E-state index is 13.2. The largest absolute Gasteiger partial charge is 0.744 e. The molecule has 0 heterocycles. The number of carbonyl (C=O) groups excluding carboxylic acids is 2. The van der Waals surface area contributed by atoms with Crippen molar-refractivity contribution in [3.05, 3.63) is 82.4 Å². The summed E-state index contributed by atoms with van der Waals surface area (Å²) in [4.78, 5) is 36.4. The molecule has 3 aromatic carbocycles. The third kappa shape index (κ3) is 3.33. The molecule has 0 aliphatic heterocycles. The third-order valence-electron chi connectivity index (χ3n) is 4.88. The van der Waals surface area contributed by atoms with E-state index >= 15 is 0 Å². The van der Waals surface area contributed by atoms with Crippen molar-refractivity contribution < 1.29 is 32.5 Å². The van der Waals surface area contributed by atoms with Crippen LogP contribution in [0.5, 0.6) is 0 Å². The van der Waals surface area contributed by atoms with Crippen molar-refractivity contribution in [3.8, 4) is 0 Å². The third-order valence-corrected chi connectivity index (χ3v) is 5.76. The molecule has 0 saturated heterocycles. The molecule has 0 spiro atoms. The molecular formula is C21H13N2O7S-. The van der Waals surface area contributed by atoms with Gasteiger partial charge in [0.1, 0.15) is 10.1 Å². The quantitative estimate of drug-likeness (QED) is 0.321. The van der Waals surface area contributed by atoms with Gasteiger partial charge < -0.3 is 20.7 Å². The lowest BCUT2D eigenvalue weighted by atomic mass is 9.82. The number of benzene rings is 3. The number of hydrogen-bond acceptors (Lipinski definition) is 8. The van der Waals surface area contributed by atoms with E-state index < -0.39 is 38.2 Å². The number of anilines is 3. The summed E-state index contributed by atoms with van der Waals surface area (Å²) in [6, 6.07) is 12.3. The second kappa shape index (κ2) is 7.04. The first-order valence-corrected chi connectivity index (χ1v) is 10.2. The van der Waals surface area contributed by atoms with Gasteiger partial charge in [-0.2, -0.15) is 0 Å². The molecule has 0 atom stereocenters. The van der Waals surface area contributed by atoms with Gasteiger partial charge in [-0.05, 0) is 30.3 Å². The number of nitrogen functional groups attached to an aromatic ring is 1. The number of nitrogens with one attached hydrogen (secondary N) is 1. The Balaban J connectivity index is 1.96. The number of carboxylic acid groups (broad SMARTS) is 1. The van der Waals surface area contributed by atoms with E-state index in [-0.39, 0.29) is 33.5 Å². The molecule has 0 fully saturated rings. The first-order valence-electron chi connectivity index (χ1n) is 8.80. The molecule has 0 unspecified atom stereocenters. The highest BCUT2D eigenvalue weighted by molar-refractivity contribution is 7.86. The van der Waals surface area contributed by atoms with Gasteiger partial charge in [0.25, 0.3) is 0 Å². The van der Waals surface area contributed by atoms with Gasteiger partial charge >= 0.3 is 5.97 Å². The van der Waals surface area contributed by atoms with Crippen molar-refractivity contribution in [3.63, 3.8) is 0 Å². The predicted octanol–water partition coefficient (Wildman–Crippen LogP) is 2.39. The molecule has 0 bridgehead atoms. The molecule has 0 aromatic heterocycles. The maximum Gasteiger partial charge on any atom is 0.335 e. The first-order chi connectivity index (χ1) is 14.6. The number of aromatic carboxylic acids is 1. The van der Waals surface area contributed by atoms with Gasteiger partial charge in [-0.25, -0.2) is 13.2 Å². The number of fused-ring (bicyclic) bond motifs is 2. The molecule has 1 aliphatic carbocycles. The van der Waals surface area contributed by atoms with Crippen molar-refractivity contribution in [2.24, 2.45) is 0 Å². The fraction of sp³-hybridized carbons (Fsp3) is 0. The zero-order chi connectivity index (χ0) is 22.5. The molecule has 4 N–H and O–H groups in total. The summed E-state index contributed by atoms with van der Waals surface area (Å²) in [6.45, 7) is 0. The number of hydrogen-bond donors (Lipinski definition) is 3. The molecule has 0 saturated carbocycles. The second-order valence-electron chi connectivity index (χ2n) is 6.75. The molecule has 0 amide bonds. The van der Waals surface area contributed by atoms with Gasteiger partial charge in [-0.1, -0.05) is 24.3 Å². The molecule has 10 heteroatoms. The Morgan fingerprint density at radius 3 is 2.00 bits per heavy atom. The maximum absolute atomic E-state index is 13.2. The molecule has 1 aliphatic rings. The lowest BCUT2D eigenvalue weighted by molar-refractivity contribution is 0.0696. The van der Waals surface area contributed by atoms with Gasteiger partial charge in [0, 0.05) is 16.8 Å². The molecule has 4 rings (SSSR count). The highest BCUT2D eigenvalue weighted by Crippen LogP contribution is 2.39. The lowest BCUT2D eigenvalue weighted by Gasteiger charge is -2.25. The Bertz CT molecular complexity index is 1390. The van der Waals surface area contributed by atoms with Crippen LogP contribution in [0, 0.1) is 0 Å². The fourth-order valence-corrected chi connectivity index (χ4v) is 4.08. The fourth-order valence-electron chi connectivity index (χ4n) is 3.45. The van der Waals surface area contributed by atoms with E-state index in [1.807, 2.05) is 0 Å². The van der Waals surface area contributed by atoms with Crippen molar-refractivity contribution in [1.29, 1.82) is 0 Å². The van der Waals surface area contributed by atoms with Crippen LogP contribution in [0.2, 0.25) is 0 Å². The van der Waals surface area contributed by atoms with E-state index in [1.165, 1.54) is 36.4 Å². The minimum atomic E-state index is -5.07. The van der Waals surface area contributed by atoms with Crippen LogP contribution in [0.1, 0.15) is 42.2 Å². The lowest BCUT2D eigenvalue weighted by Crippen LogP contribution is -2.25. The first kappa shape index (κ1) is 20.3. The molecule has 9 nitrogen and oxygen atoms in total. The molecule has 3 aromatic rings. The van der Waals surface area contributed by atoms with Gasteiger partial charge in [0.2, 0.25) is 0 Å². The Morgan fingerprint density at radius 2 is 1.48 bits per heavy atom. The highest BCUT2D eigenvalue weighted by atomic mass is 32.2. The number of nitrogens with two attached hydrogens (primary N) is 1. The highest BCUT2D eigenvalue weighted by Gasteiger charge is 2.35. The monoisotopic (exact) mass is 437 g/mol. The van der Waals surface area contributed by atoms with E-state index in [1.54, 1.807) is 12.1 Å². The van der Waals surface area contributed by atoms with E-state index in [4.69, 9.17) is 10.8 Å². The van der Waals surface area contributed by atoms with Crippen LogP contribution < -0.4 is 11.1 Å². The van der Waals surface area contributed by atoms with Crippen LogP contribution in [-0.2, 0) is 10.1 Å². The second-order valence-corrected chi connectivity index (χ2v) is 8.10. The van der Waals surface area contributed by atoms with Crippen molar-refractivity contribution in [2.45, 2.75) is 4.90 Å². The van der Waals surface area contributed by atoms with E-state index in [9.17, 15) is 27.4 Å². The summed E-state index contributed by atoms with van der Waals surface area (Å²) in [5, 5.41) is 11.8. The minimum absolute atomic E-state index is 0.00731. The van der Waals surface area contributed by atoms with Crippen molar-refractivity contribution >= 4 is 44.7 Å². The zero-order valence-corrected chi connectivity index (χ0v) is 16.4.